The number of carbonyl (C=O) groups is 2. The summed E-state index contributed by atoms with van der Waals surface area (Å²) in [6, 6.07) is 23.9. The number of halogens is 1. The third-order valence-corrected chi connectivity index (χ3v) is 8.49. The van der Waals surface area contributed by atoms with Crippen LogP contribution in [0, 0.1) is 5.82 Å². The molecule has 0 aromatic heterocycles. The predicted molar refractivity (Wildman–Crippen MR) is 164 cm³/mol. The molecule has 1 atom stereocenters. The molecule has 0 bridgehead atoms. The number of carbonyl (C=O) groups excluding carboxylic acids is 2. The van der Waals surface area contributed by atoms with Crippen molar-refractivity contribution in [2.75, 3.05) is 37.4 Å². The molecule has 0 unspecified atom stereocenters. The highest BCUT2D eigenvalue weighted by molar-refractivity contribution is 7.80. The second-order valence-corrected chi connectivity index (χ2v) is 11.4. The number of thiocarbonyl (C=S) groups is 1. The first-order valence-electron chi connectivity index (χ1n) is 14.0. The van der Waals surface area contributed by atoms with Crippen molar-refractivity contribution in [1.82, 2.24) is 15.1 Å². The zero-order valence-corrected chi connectivity index (χ0v) is 24.3. The first kappa shape index (κ1) is 28.5. The second kappa shape index (κ2) is 12.3. The topological polar surface area (TPSA) is 67.9 Å². The molecule has 9 heteroatoms. The van der Waals surface area contributed by atoms with E-state index in [1.54, 1.807) is 23.1 Å². The Bertz CT molecular complexity index is 1390. The summed E-state index contributed by atoms with van der Waals surface area (Å²) in [4.78, 5) is 33.6. The van der Waals surface area contributed by atoms with E-state index < -0.39 is 11.4 Å². The number of anilines is 2. The van der Waals surface area contributed by atoms with E-state index in [0.29, 0.717) is 35.7 Å². The molecule has 0 radical (unpaired) electrons. The molecule has 1 saturated carbocycles. The smallest absolute Gasteiger partial charge is 0.250 e. The maximum Gasteiger partial charge on any atom is 0.250 e. The van der Waals surface area contributed by atoms with Gasteiger partial charge in [0.15, 0.2) is 5.11 Å². The van der Waals surface area contributed by atoms with Crippen molar-refractivity contribution in [2.24, 2.45) is 0 Å². The van der Waals surface area contributed by atoms with Gasteiger partial charge >= 0.3 is 0 Å². The minimum absolute atomic E-state index is 0.00379. The Hall–Kier alpha value is -3.98. The molecule has 2 fully saturated rings. The number of nitrogens with one attached hydrogen (secondary N) is 2. The summed E-state index contributed by atoms with van der Waals surface area (Å²) in [7, 11) is 3.91. The number of nitrogens with zero attached hydrogens (tertiary/aromatic N) is 3. The molecular formula is C32H36FN5O2S. The Morgan fingerprint density at radius 2 is 1.66 bits per heavy atom. The highest BCUT2D eigenvalue weighted by Crippen LogP contribution is 2.38. The van der Waals surface area contributed by atoms with Gasteiger partial charge in [-0.3, -0.25) is 9.59 Å². The van der Waals surface area contributed by atoms with E-state index in [1.807, 2.05) is 78.5 Å². The Labute approximate surface area is 246 Å². The van der Waals surface area contributed by atoms with E-state index in [1.165, 1.54) is 6.07 Å². The Balaban J connectivity index is 1.42. The lowest BCUT2D eigenvalue weighted by Gasteiger charge is -2.41. The number of amides is 2. The molecule has 1 aliphatic carbocycles. The Morgan fingerprint density at radius 3 is 2.32 bits per heavy atom. The molecule has 0 spiro atoms. The van der Waals surface area contributed by atoms with E-state index >= 15 is 0 Å². The van der Waals surface area contributed by atoms with E-state index in [0.717, 1.165) is 24.1 Å². The SMILES string of the molecule is CN(C)c1ccc(NC(=O)C2(N(Cc3ccccc3F)C(=O)CN3C[C@@H](c4ccccc4)NC3=S)CCCC2)cc1. The number of hydrogen-bond donors (Lipinski definition) is 2. The normalized spacial score (nSPS) is 17.7. The quantitative estimate of drug-likeness (QED) is 0.347. The van der Waals surface area contributed by atoms with Gasteiger partial charge in [0.05, 0.1) is 12.6 Å². The summed E-state index contributed by atoms with van der Waals surface area (Å²) in [5, 5.41) is 6.86. The summed E-state index contributed by atoms with van der Waals surface area (Å²) < 4.78 is 14.9. The summed E-state index contributed by atoms with van der Waals surface area (Å²) in [5.74, 6) is -0.909. The van der Waals surface area contributed by atoms with Gasteiger partial charge in [0.2, 0.25) is 11.8 Å². The summed E-state index contributed by atoms with van der Waals surface area (Å²) in [5.41, 5.74) is 2.02. The third kappa shape index (κ3) is 6.20. The molecule has 3 aromatic carbocycles. The van der Waals surface area contributed by atoms with E-state index in [9.17, 15) is 14.0 Å². The van der Waals surface area contributed by atoms with Gasteiger partial charge in [-0.2, -0.15) is 0 Å². The Kier molecular flexibility index (Phi) is 8.54. The van der Waals surface area contributed by atoms with Crippen LogP contribution in [0.2, 0.25) is 0 Å². The van der Waals surface area contributed by atoms with Crippen LogP contribution in [-0.4, -0.2) is 59.5 Å². The van der Waals surface area contributed by atoms with Gasteiger partial charge in [-0.25, -0.2) is 4.39 Å². The minimum Gasteiger partial charge on any atom is -0.378 e. The van der Waals surface area contributed by atoms with Crippen LogP contribution >= 0.6 is 12.2 Å². The highest BCUT2D eigenvalue weighted by Gasteiger charge is 2.49. The van der Waals surface area contributed by atoms with E-state index in [2.05, 4.69) is 10.6 Å². The van der Waals surface area contributed by atoms with Crippen molar-refractivity contribution < 1.29 is 14.0 Å². The monoisotopic (exact) mass is 573 g/mol. The van der Waals surface area contributed by atoms with Crippen molar-refractivity contribution in [3.8, 4) is 0 Å². The average molecular weight is 574 g/mol. The van der Waals surface area contributed by atoms with Crippen LogP contribution in [-0.2, 0) is 16.1 Å². The molecule has 2 N–H and O–H groups in total. The van der Waals surface area contributed by atoms with Gasteiger partial charge < -0.3 is 25.3 Å². The fourth-order valence-corrected chi connectivity index (χ4v) is 6.07. The zero-order valence-electron chi connectivity index (χ0n) is 23.5. The molecule has 3 aromatic rings. The van der Waals surface area contributed by atoms with Crippen LogP contribution in [0.4, 0.5) is 15.8 Å². The fraction of sp³-hybridized carbons (Fsp3) is 0.344. The Morgan fingerprint density at radius 1 is 1.00 bits per heavy atom. The maximum absolute atomic E-state index is 14.9. The third-order valence-electron chi connectivity index (χ3n) is 8.11. The minimum atomic E-state index is -1.10. The molecule has 7 nitrogen and oxygen atoms in total. The maximum atomic E-state index is 14.9. The van der Waals surface area contributed by atoms with E-state index in [-0.39, 0.29) is 30.9 Å². The summed E-state index contributed by atoms with van der Waals surface area (Å²) >= 11 is 5.60. The average Bonchev–Trinajstić information content (AvgIpc) is 3.61. The van der Waals surface area contributed by atoms with Crippen molar-refractivity contribution in [3.63, 3.8) is 0 Å². The fourth-order valence-electron chi connectivity index (χ4n) is 5.79. The molecule has 1 saturated heterocycles. The molecule has 1 aliphatic heterocycles. The number of hydrogen-bond acceptors (Lipinski definition) is 4. The predicted octanol–water partition coefficient (Wildman–Crippen LogP) is 5.10. The van der Waals surface area contributed by atoms with Gasteiger partial charge in [0.25, 0.3) is 0 Å². The van der Waals surface area contributed by atoms with Gasteiger partial charge in [-0.05, 0) is 61.0 Å². The standard InChI is InChI=1S/C32H36FN5O2S/c1-36(2)26-16-14-25(15-17-26)34-30(40)32(18-8-9-19-32)38(20-24-12-6-7-13-27(24)33)29(39)22-37-21-28(35-31(37)41)23-10-4-3-5-11-23/h3-7,10-17,28H,8-9,18-22H2,1-2H3,(H,34,40)(H,35,41)/t28-/m0/s1. The molecule has 214 valence electrons. The highest BCUT2D eigenvalue weighted by atomic mass is 32.1. The van der Waals surface area contributed by atoms with Crippen LogP contribution in [0.1, 0.15) is 42.9 Å². The van der Waals surface area contributed by atoms with Crippen LogP contribution in [0.5, 0.6) is 0 Å². The number of rotatable bonds is 9. The van der Waals surface area contributed by atoms with Crippen LogP contribution < -0.4 is 15.5 Å². The van der Waals surface area contributed by atoms with Gasteiger partial charge in [0, 0.05) is 44.1 Å². The molecule has 2 amide bonds. The lowest BCUT2D eigenvalue weighted by atomic mass is 9.92. The molecule has 41 heavy (non-hydrogen) atoms. The van der Waals surface area contributed by atoms with Crippen LogP contribution in [0.25, 0.3) is 0 Å². The van der Waals surface area contributed by atoms with Crippen molar-refractivity contribution >= 4 is 40.5 Å². The zero-order chi connectivity index (χ0) is 29.0. The lowest BCUT2D eigenvalue weighted by molar-refractivity contribution is -0.146. The summed E-state index contributed by atoms with van der Waals surface area (Å²) in [6.45, 7) is 0.518. The van der Waals surface area contributed by atoms with Gasteiger partial charge in [-0.1, -0.05) is 61.4 Å². The first-order chi connectivity index (χ1) is 19.8. The molecular weight excluding hydrogens is 537 g/mol. The lowest BCUT2D eigenvalue weighted by Crippen LogP contribution is -2.59. The summed E-state index contributed by atoms with van der Waals surface area (Å²) in [6.07, 6.45) is 2.61. The van der Waals surface area contributed by atoms with Crippen LogP contribution in [0.3, 0.4) is 0 Å². The first-order valence-corrected chi connectivity index (χ1v) is 14.4. The molecule has 2 aliphatic rings. The molecule has 1 heterocycles. The van der Waals surface area contributed by atoms with Crippen molar-refractivity contribution in [3.05, 3.63) is 95.8 Å². The van der Waals surface area contributed by atoms with E-state index in [4.69, 9.17) is 12.2 Å². The van der Waals surface area contributed by atoms with Crippen molar-refractivity contribution in [1.29, 1.82) is 0 Å². The van der Waals surface area contributed by atoms with Crippen molar-refractivity contribution in [2.45, 2.75) is 43.8 Å². The van der Waals surface area contributed by atoms with Crippen LogP contribution in [0.15, 0.2) is 78.9 Å². The second-order valence-electron chi connectivity index (χ2n) is 11.0. The largest absolute Gasteiger partial charge is 0.378 e. The van der Waals surface area contributed by atoms with Gasteiger partial charge in [0.1, 0.15) is 11.4 Å². The molecule has 5 rings (SSSR count). The number of benzene rings is 3. The van der Waals surface area contributed by atoms with Gasteiger partial charge in [-0.15, -0.1) is 0 Å².